The van der Waals surface area contributed by atoms with Crippen LogP contribution in [-0.4, -0.2) is 36.1 Å². The van der Waals surface area contributed by atoms with Crippen molar-refractivity contribution >= 4 is 40.7 Å². The zero-order chi connectivity index (χ0) is 19.0. The van der Waals surface area contributed by atoms with Crippen molar-refractivity contribution in [1.29, 1.82) is 0 Å². The van der Waals surface area contributed by atoms with Gasteiger partial charge in [0.2, 0.25) is 12.7 Å². The standard InChI is InChI=1S/C19H16Cl2N2O4/c20-12-4-5-14(13(21)9-12)22-18(24)15-2-1-7-23(15)19(25)11-3-6-16-17(8-11)27-10-26-16/h3-6,8-9,15H,1-2,7,10H2,(H,22,24). The molecule has 0 radical (unpaired) electrons. The average molecular weight is 407 g/mol. The van der Waals surface area contributed by atoms with E-state index in [0.29, 0.717) is 45.8 Å². The number of nitrogens with one attached hydrogen (secondary N) is 1. The second-order valence-electron chi connectivity index (χ2n) is 6.34. The van der Waals surface area contributed by atoms with Crippen LogP contribution >= 0.6 is 23.2 Å². The quantitative estimate of drug-likeness (QED) is 0.837. The number of carbonyl (C=O) groups is 2. The first kappa shape index (κ1) is 17.9. The van der Waals surface area contributed by atoms with Crippen LogP contribution in [0.4, 0.5) is 5.69 Å². The Morgan fingerprint density at radius 1 is 1.07 bits per heavy atom. The van der Waals surface area contributed by atoms with Crippen LogP contribution in [0.2, 0.25) is 10.0 Å². The van der Waals surface area contributed by atoms with E-state index in [0.717, 1.165) is 6.42 Å². The third-order valence-corrected chi connectivity index (χ3v) is 5.17. The van der Waals surface area contributed by atoms with Gasteiger partial charge in [0.25, 0.3) is 5.91 Å². The van der Waals surface area contributed by atoms with Gasteiger partial charge in [-0.25, -0.2) is 0 Å². The third kappa shape index (κ3) is 3.55. The molecule has 2 heterocycles. The van der Waals surface area contributed by atoms with Crippen molar-refractivity contribution in [3.63, 3.8) is 0 Å². The molecule has 1 N–H and O–H groups in total. The molecular formula is C19H16Cl2N2O4. The first-order valence-electron chi connectivity index (χ1n) is 8.49. The van der Waals surface area contributed by atoms with Gasteiger partial charge in [0.15, 0.2) is 11.5 Å². The van der Waals surface area contributed by atoms with Gasteiger partial charge < -0.3 is 19.7 Å². The largest absolute Gasteiger partial charge is 0.454 e. The maximum absolute atomic E-state index is 12.9. The highest BCUT2D eigenvalue weighted by Crippen LogP contribution is 2.34. The number of ether oxygens (including phenoxy) is 2. The van der Waals surface area contributed by atoms with Crippen LogP contribution in [0, 0.1) is 0 Å². The van der Waals surface area contributed by atoms with Gasteiger partial charge >= 0.3 is 0 Å². The van der Waals surface area contributed by atoms with Crippen molar-refractivity contribution in [1.82, 2.24) is 4.90 Å². The molecule has 2 aromatic rings. The van der Waals surface area contributed by atoms with Crippen molar-refractivity contribution in [3.8, 4) is 11.5 Å². The number of fused-ring (bicyclic) bond motifs is 1. The van der Waals surface area contributed by atoms with Crippen LogP contribution in [0.25, 0.3) is 0 Å². The van der Waals surface area contributed by atoms with Gasteiger partial charge in [-0.05, 0) is 49.2 Å². The molecule has 6 nitrogen and oxygen atoms in total. The van der Waals surface area contributed by atoms with E-state index in [1.165, 1.54) is 0 Å². The van der Waals surface area contributed by atoms with Crippen LogP contribution in [0.15, 0.2) is 36.4 Å². The van der Waals surface area contributed by atoms with Gasteiger partial charge in [-0.2, -0.15) is 0 Å². The number of hydrogen-bond donors (Lipinski definition) is 1. The maximum atomic E-state index is 12.9. The SMILES string of the molecule is O=C(Nc1ccc(Cl)cc1Cl)C1CCCN1C(=O)c1ccc2c(c1)OCO2. The van der Waals surface area contributed by atoms with Gasteiger partial charge in [0, 0.05) is 17.1 Å². The zero-order valence-corrected chi connectivity index (χ0v) is 15.7. The van der Waals surface area contributed by atoms with Crippen LogP contribution in [0.3, 0.4) is 0 Å². The number of carbonyl (C=O) groups excluding carboxylic acids is 2. The second kappa shape index (κ2) is 7.29. The minimum Gasteiger partial charge on any atom is -0.454 e. The Bertz CT molecular complexity index is 919. The highest BCUT2D eigenvalue weighted by atomic mass is 35.5. The van der Waals surface area contributed by atoms with E-state index in [9.17, 15) is 9.59 Å². The van der Waals surface area contributed by atoms with E-state index in [4.69, 9.17) is 32.7 Å². The summed E-state index contributed by atoms with van der Waals surface area (Å²) in [7, 11) is 0. The molecule has 1 saturated heterocycles. The molecule has 2 aliphatic heterocycles. The fraction of sp³-hybridized carbons (Fsp3) is 0.263. The van der Waals surface area contributed by atoms with E-state index in [1.54, 1.807) is 41.3 Å². The summed E-state index contributed by atoms with van der Waals surface area (Å²) in [6.45, 7) is 0.656. The lowest BCUT2D eigenvalue weighted by atomic mass is 10.1. The van der Waals surface area contributed by atoms with Crippen molar-refractivity contribution in [2.75, 3.05) is 18.7 Å². The Balaban J connectivity index is 1.51. The maximum Gasteiger partial charge on any atom is 0.254 e. The fourth-order valence-corrected chi connectivity index (χ4v) is 3.74. The number of hydrogen-bond acceptors (Lipinski definition) is 4. The fourth-order valence-electron chi connectivity index (χ4n) is 3.28. The molecule has 0 bridgehead atoms. The molecule has 1 atom stereocenters. The normalized spacial score (nSPS) is 17.9. The van der Waals surface area contributed by atoms with Crippen LogP contribution in [0.1, 0.15) is 23.2 Å². The molecule has 8 heteroatoms. The Labute approximate surface area is 165 Å². The summed E-state index contributed by atoms with van der Waals surface area (Å²) >= 11 is 12.0. The van der Waals surface area contributed by atoms with Crippen molar-refractivity contribution in [2.24, 2.45) is 0 Å². The first-order valence-corrected chi connectivity index (χ1v) is 9.25. The third-order valence-electron chi connectivity index (χ3n) is 4.62. The molecule has 2 aromatic carbocycles. The molecule has 2 amide bonds. The van der Waals surface area contributed by atoms with E-state index in [-0.39, 0.29) is 18.6 Å². The average Bonchev–Trinajstić information content (AvgIpc) is 3.31. The number of halogens is 2. The van der Waals surface area contributed by atoms with E-state index in [2.05, 4.69) is 5.32 Å². The number of anilines is 1. The molecular weight excluding hydrogens is 391 g/mol. The van der Waals surface area contributed by atoms with Crippen LogP contribution in [-0.2, 0) is 4.79 Å². The molecule has 0 aliphatic carbocycles. The molecule has 27 heavy (non-hydrogen) atoms. The Kier molecular flexibility index (Phi) is 4.85. The van der Waals surface area contributed by atoms with Crippen LogP contribution in [0.5, 0.6) is 11.5 Å². The molecule has 2 aliphatic rings. The predicted molar refractivity (Wildman–Crippen MR) is 102 cm³/mol. The molecule has 1 unspecified atom stereocenters. The number of nitrogens with zero attached hydrogens (tertiary/aromatic N) is 1. The number of rotatable bonds is 3. The van der Waals surface area contributed by atoms with Gasteiger partial charge in [-0.1, -0.05) is 23.2 Å². The summed E-state index contributed by atoms with van der Waals surface area (Å²) in [5.41, 5.74) is 0.928. The number of amides is 2. The lowest BCUT2D eigenvalue weighted by Gasteiger charge is -2.24. The summed E-state index contributed by atoms with van der Waals surface area (Å²) < 4.78 is 10.6. The highest BCUT2D eigenvalue weighted by molar-refractivity contribution is 6.36. The lowest BCUT2D eigenvalue weighted by molar-refractivity contribution is -0.119. The zero-order valence-electron chi connectivity index (χ0n) is 14.2. The Morgan fingerprint density at radius 2 is 1.89 bits per heavy atom. The number of likely N-dealkylation sites (tertiary alicyclic amines) is 1. The number of benzene rings is 2. The minimum absolute atomic E-state index is 0.142. The predicted octanol–water partition coefficient (Wildman–Crippen LogP) is 3.97. The van der Waals surface area contributed by atoms with Crippen molar-refractivity contribution < 1.29 is 19.1 Å². The molecule has 0 saturated carbocycles. The first-order chi connectivity index (χ1) is 13.0. The summed E-state index contributed by atoms with van der Waals surface area (Å²) in [6, 6.07) is 9.31. The van der Waals surface area contributed by atoms with Gasteiger partial charge in [0.1, 0.15) is 6.04 Å². The van der Waals surface area contributed by atoms with E-state index < -0.39 is 6.04 Å². The molecule has 140 valence electrons. The summed E-state index contributed by atoms with van der Waals surface area (Å²) in [5, 5.41) is 3.62. The highest BCUT2D eigenvalue weighted by Gasteiger charge is 2.35. The van der Waals surface area contributed by atoms with E-state index in [1.807, 2.05) is 0 Å². The van der Waals surface area contributed by atoms with Gasteiger partial charge in [-0.3, -0.25) is 9.59 Å². The molecule has 4 rings (SSSR count). The van der Waals surface area contributed by atoms with Gasteiger partial charge in [-0.15, -0.1) is 0 Å². The summed E-state index contributed by atoms with van der Waals surface area (Å²) in [4.78, 5) is 27.3. The van der Waals surface area contributed by atoms with Crippen molar-refractivity contribution in [2.45, 2.75) is 18.9 Å². The van der Waals surface area contributed by atoms with Gasteiger partial charge in [0.05, 0.1) is 10.7 Å². The molecule has 0 spiro atoms. The Hall–Kier alpha value is -2.44. The van der Waals surface area contributed by atoms with Crippen LogP contribution < -0.4 is 14.8 Å². The molecule has 0 aromatic heterocycles. The molecule has 1 fully saturated rings. The summed E-state index contributed by atoms with van der Waals surface area (Å²) in [5.74, 6) is 0.660. The minimum atomic E-state index is -0.560. The topological polar surface area (TPSA) is 67.9 Å². The van der Waals surface area contributed by atoms with E-state index >= 15 is 0 Å². The second-order valence-corrected chi connectivity index (χ2v) is 7.18. The Morgan fingerprint density at radius 3 is 2.70 bits per heavy atom. The lowest BCUT2D eigenvalue weighted by Crippen LogP contribution is -2.43. The smallest absolute Gasteiger partial charge is 0.254 e. The van der Waals surface area contributed by atoms with Crippen molar-refractivity contribution in [3.05, 3.63) is 52.0 Å². The monoisotopic (exact) mass is 406 g/mol. The summed E-state index contributed by atoms with van der Waals surface area (Å²) in [6.07, 6.45) is 1.34.